The minimum atomic E-state index is -3.86. The van der Waals surface area contributed by atoms with Gasteiger partial charge in [0, 0.05) is 18.7 Å². The average Bonchev–Trinajstić information content (AvgIpc) is 3.24. The van der Waals surface area contributed by atoms with Crippen LogP contribution >= 0.6 is 0 Å². The van der Waals surface area contributed by atoms with Crippen molar-refractivity contribution in [2.24, 2.45) is 5.92 Å². The average molecular weight is 482 g/mol. The first-order valence-electron chi connectivity index (χ1n) is 11.7. The molecular weight excluding hydrogens is 442 g/mol. The lowest BCUT2D eigenvalue weighted by molar-refractivity contribution is -0.144. The molecule has 8 nitrogen and oxygen atoms in total. The van der Waals surface area contributed by atoms with E-state index in [4.69, 9.17) is 4.74 Å². The first kappa shape index (κ1) is 27.3. The molecule has 0 spiro atoms. The van der Waals surface area contributed by atoms with Crippen molar-refractivity contribution in [1.82, 2.24) is 14.9 Å². The fraction of sp³-hybridized carbons (Fsp3) is 0.667. The maximum atomic E-state index is 13.3. The predicted octanol–water partition coefficient (Wildman–Crippen LogP) is 2.61. The number of carbonyl (C=O) groups excluding carboxylic acids is 2. The predicted molar refractivity (Wildman–Crippen MR) is 128 cm³/mol. The molecule has 9 heteroatoms. The molecule has 2 amide bonds. The molecule has 1 aromatic rings. The first-order chi connectivity index (χ1) is 15.4. The van der Waals surface area contributed by atoms with Crippen molar-refractivity contribution < 1.29 is 22.7 Å². The Labute approximate surface area is 198 Å². The lowest BCUT2D eigenvalue weighted by atomic mass is 9.96. The number of aryl methyl sites for hydroxylation is 1. The van der Waals surface area contributed by atoms with Gasteiger partial charge in [-0.2, -0.15) is 0 Å². The van der Waals surface area contributed by atoms with Gasteiger partial charge in [-0.05, 0) is 58.1 Å². The summed E-state index contributed by atoms with van der Waals surface area (Å²) in [6.45, 7) is 11.9. The number of hydrogen-bond acceptors (Lipinski definition) is 5. The summed E-state index contributed by atoms with van der Waals surface area (Å²) in [5.41, 5.74) is 0.518. The SMILES string of the molecule is CCC(C)(C)NC(=O)[C@@H](C(C)C)N(C[C@H]1CCCO1)C(=O)CNS(=O)(=O)c1ccc(C)cc1. The molecule has 1 heterocycles. The number of carbonyl (C=O) groups is 2. The van der Waals surface area contributed by atoms with E-state index in [2.05, 4.69) is 10.0 Å². The highest BCUT2D eigenvalue weighted by Gasteiger charge is 2.36. The molecule has 0 aliphatic carbocycles. The third-order valence-electron chi connectivity index (χ3n) is 6.07. The van der Waals surface area contributed by atoms with E-state index in [-0.39, 0.29) is 29.4 Å². The fourth-order valence-corrected chi connectivity index (χ4v) is 4.71. The number of nitrogens with one attached hydrogen (secondary N) is 2. The lowest BCUT2D eigenvalue weighted by Gasteiger charge is -2.37. The van der Waals surface area contributed by atoms with Crippen LogP contribution in [-0.2, 0) is 24.3 Å². The van der Waals surface area contributed by atoms with Gasteiger partial charge < -0.3 is 15.0 Å². The summed E-state index contributed by atoms with van der Waals surface area (Å²) in [7, 11) is -3.86. The van der Waals surface area contributed by atoms with Crippen molar-refractivity contribution in [3.05, 3.63) is 29.8 Å². The largest absolute Gasteiger partial charge is 0.376 e. The van der Waals surface area contributed by atoms with Gasteiger partial charge in [0.15, 0.2) is 0 Å². The van der Waals surface area contributed by atoms with E-state index in [0.717, 1.165) is 24.8 Å². The van der Waals surface area contributed by atoms with E-state index in [1.54, 1.807) is 12.1 Å². The van der Waals surface area contributed by atoms with Crippen molar-refractivity contribution in [3.63, 3.8) is 0 Å². The third-order valence-corrected chi connectivity index (χ3v) is 7.49. The van der Waals surface area contributed by atoms with Gasteiger partial charge in [-0.15, -0.1) is 0 Å². The zero-order valence-corrected chi connectivity index (χ0v) is 21.5. The summed E-state index contributed by atoms with van der Waals surface area (Å²) in [5.74, 6) is -0.870. The Morgan fingerprint density at radius 1 is 1.21 bits per heavy atom. The summed E-state index contributed by atoms with van der Waals surface area (Å²) >= 11 is 0. The monoisotopic (exact) mass is 481 g/mol. The van der Waals surface area contributed by atoms with Crippen LogP contribution in [0.15, 0.2) is 29.2 Å². The van der Waals surface area contributed by atoms with Gasteiger partial charge in [-0.1, -0.05) is 38.5 Å². The number of hydrogen-bond donors (Lipinski definition) is 2. The number of amides is 2. The van der Waals surface area contributed by atoms with Crippen LogP contribution in [0.2, 0.25) is 0 Å². The van der Waals surface area contributed by atoms with Gasteiger partial charge in [-0.3, -0.25) is 9.59 Å². The summed E-state index contributed by atoms with van der Waals surface area (Å²) in [6, 6.07) is 5.67. The number of benzene rings is 1. The molecule has 2 N–H and O–H groups in total. The quantitative estimate of drug-likeness (QED) is 0.506. The molecule has 0 aromatic heterocycles. The van der Waals surface area contributed by atoms with Crippen LogP contribution < -0.4 is 10.0 Å². The molecule has 2 atom stereocenters. The van der Waals surface area contributed by atoms with Crippen molar-refractivity contribution in [3.8, 4) is 0 Å². The van der Waals surface area contributed by atoms with Crippen LogP contribution in [0.25, 0.3) is 0 Å². The highest BCUT2D eigenvalue weighted by Crippen LogP contribution is 2.20. The second kappa shape index (κ2) is 11.4. The summed E-state index contributed by atoms with van der Waals surface area (Å²) in [6.07, 6.45) is 2.26. The molecule has 1 aromatic carbocycles. The van der Waals surface area contributed by atoms with Crippen molar-refractivity contribution in [2.75, 3.05) is 19.7 Å². The Balaban J connectivity index is 2.23. The summed E-state index contributed by atoms with van der Waals surface area (Å²) in [5, 5.41) is 3.04. The van der Waals surface area contributed by atoms with Crippen molar-refractivity contribution in [2.45, 2.75) is 83.4 Å². The van der Waals surface area contributed by atoms with Crippen molar-refractivity contribution >= 4 is 21.8 Å². The van der Waals surface area contributed by atoms with Gasteiger partial charge in [0.05, 0.1) is 17.5 Å². The number of sulfonamides is 1. The molecular formula is C24H39N3O5S. The first-order valence-corrected chi connectivity index (χ1v) is 13.1. The molecule has 0 radical (unpaired) electrons. The normalized spacial score (nSPS) is 17.7. The minimum absolute atomic E-state index is 0.0921. The Kier molecular flexibility index (Phi) is 9.46. The van der Waals surface area contributed by atoms with Gasteiger partial charge >= 0.3 is 0 Å². The standard InChI is InChI=1S/C24H39N3O5S/c1-7-24(5,6)26-23(29)22(17(2)3)27(16-19-9-8-14-32-19)21(28)15-25-33(30,31)20-12-10-18(4)11-13-20/h10-13,17,19,22,25H,7-9,14-16H2,1-6H3,(H,26,29)/t19-,22-/m1/s1. The Morgan fingerprint density at radius 2 is 1.85 bits per heavy atom. The maximum Gasteiger partial charge on any atom is 0.243 e. The van der Waals surface area contributed by atoms with Crippen LogP contribution in [0, 0.1) is 12.8 Å². The number of nitrogens with zero attached hydrogens (tertiary/aromatic N) is 1. The Hall–Kier alpha value is -1.97. The molecule has 0 saturated carbocycles. The molecule has 0 bridgehead atoms. The topological polar surface area (TPSA) is 105 Å². The number of rotatable bonds is 11. The van der Waals surface area contributed by atoms with Gasteiger partial charge in [0.2, 0.25) is 21.8 Å². The highest BCUT2D eigenvalue weighted by molar-refractivity contribution is 7.89. The highest BCUT2D eigenvalue weighted by atomic mass is 32.2. The maximum absolute atomic E-state index is 13.3. The molecule has 186 valence electrons. The van der Waals surface area contributed by atoms with E-state index >= 15 is 0 Å². The van der Waals surface area contributed by atoms with Crippen LogP contribution in [0.1, 0.15) is 59.4 Å². The van der Waals surface area contributed by atoms with Crippen molar-refractivity contribution in [1.29, 1.82) is 0 Å². The summed E-state index contributed by atoms with van der Waals surface area (Å²) < 4.78 is 33.5. The van der Waals surface area contributed by atoms with Crippen LogP contribution in [0.5, 0.6) is 0 Å². The molecule has 1 fully saturated rings. The zero-order chi connectivity index (χ0) is 24.8. The van der Waals surface area contributed by atoms with Crippen LogP contribution in [-0.4, -0.2) is 62.5 Å². The van der Waals surface area contributed by atoms with Gasteiger partial charge in [0.25, 0.3) is 0 Å². The third kappa shape index (κ3) is 7.79. The second-order valence-electron chi connectivity index (χ2n) is 9.73. The second-order valence-corrected chi connectivity index (χ2v) is 11.5. The van der Waals surface area contributed by atoms with E-state index in [0.29, 0.717) is 6.61 Å². The molecule has 2 rings (SSSR count). The molecule has 1 aliphatic heterocycles. The molecule has 0 unspecified atom stereocenters. The number of ether oxygens (including phenoxy) is 1. The fourth-order valence-electron chi connectivity index (χ4n) is 3.74. The van der Waals surface area contributed by atoms with E-state index in [1.807, 2.05) is 41.5 Å². The van der Waals surface area contributed by atoms with Gasteiger partial charge in [-0.25, -0.2) is 13.1 Å². The van der Waals surface area contributed by atoms with E-state index in [9.17, 15) is 18.0 Å². The minimum Gasteiger partial charge on any atom is -0.376 e. The lowest BCUT2D eigenvalue weighted by Crippen LogP contribution is -2.59. The Bertz CT molecular complexity index is 907. The molecule has 1 aliphatic rings. The smallest absolute Gasteiger partial charge is 0.243 e. The molecule has 33 heavy (non-hydrogen) atoms. The summed E-state index contributed by atoms with van der Waals surface area (Å²) in [4.78, 5) is 28.1. The molecule has 1 saturated heterocycles. The van der Waals surface area contributed by atoms with Crippen LogP contribution in [0.3, 0.4) is 0 Å². The van der Waals surface area contributed by atoms with Gasteiger partial charge in [0.1, 0.15) is 6.04 Å². The zero-order valence-electron chi connectivity index (χ0n) is 20.7. The van der Waals surface area contributed by atoms with E-state index < -0.39 is 34.1 Å². The Morgan fingerprint density at radius 3 is 2.36 bits per heavy atom. The van der Waals surface area contributed by atoms with E-state index in [1.165, 1.54) is 17.0 Å². The van der Waals surface area contributed by atoms with Crippen LogP contribution in [0.4, 0.5) is 0 Å².